The van der Waals surface area contributed by atoms with E-state index in [1.54, 1.807) is 17.5 Å². The third-order valence-electron chi connectivity index (χ3n) is 2.58. The number of aryl methyl sites for hydroxylation is 2. The van der Waals surface area contributed by atoms with Crippen LogP contribution in [0.25, 0.3) is 0 Å². The molecule has 2 heterocycles. The van der Waals surface area contributed by atoms with Gasteiger partial charge in [-0.15, -0.1) is 16.4 Å². The molecule has 0 saturated heterocycles. The summed E-state index contributed by atoms with van der Waals surface area (Å²) >= 11 is 5.19. The topological polar surface area (TPSA) is 56.7 Å². The van der Waals surface area contributed by atoms with E-state index in [4.69, 9.17) is 5.73 Å². The number of aromatic nitrogens is 3. The molecule has 0 radical (unpaired) electrons. The molecule has 0 bridgehead atoms. The van der Waals surface area contributed by atoms with E-state index in [0.29, 0.717) is 0 Å². The summed E-state index contributed by atoms with van der Waals surface area (Å²) in [5, 5.41) is 8.00. The Morgan fingerprint density at radius 3 is 2.94 bits per heavy atom. The molecule has 0 fully saturated rings. The highest BCUT2D eigenvalue weighted by molar-refractivity contribution is 9.11. The number of halogens is 1. The summed E-state index contributed by atoms with van der Waals surface area (Å²) < 4.78 is 3.02. The third-order valence-corrected chi connectivity index (χ3v) is 4.80. The lowest BCUT2D eigenvalue weighted by Crippen LogP contribution is -2.16. The van der Waals surface area contributed by atoms with E-state index < -0.39 is 0 Å². The van der Waals surface area contributed by atoms with E-state index in [9.17, 15) is 0 Å². The molecular weight excluding hydrogens is 300 g/mol. The molecule has 1 atom stereocenters. The van der Waals surface area contributed by atoms with Crippen LogP contribution in [0.3, 0.4) is 0 Å². The Morgan fingerprint density at radius 2 is 2.35 bits per heavy atom. The molecular formula is C11H15BrN4S. The normalized spacial score (nSPS) is 12.9. The molecule has 1 unspecified atom stereocenters. The van der Waals surface area contributed by atoms with E-state index in [2.05, 4.69) is 46.2 Å². The van der Waals surface area contributed by atoms with Crippen LogP contribution in [-0.4, -0.2) is 15.0 Å². The zero-order valence-corrected chi connectivity index (χ0v) is 12.3. The number of hydrogen-bond donors (Lipinski definition) is 1. The summed E-state index contributed by atoms with van der Waals surface area (Å²) in [6, 6.07) is 1.97. The van der Waals surface area contributed by atoms with Gasteiger partial charge in [-0.2, -0.15) is 0 Å². The molecule has 2 aromatic heterocycles. The molecule has 0 aliphatic rings. The smallest absolute Gasteiger partial charge is 0.0833 e. The lowest BCUT2D eigenvalue weighted by molar-refractivity contribution is 0.545. The molecule has 0 aromatic carbocycles. The fourth-order valence-electron chi connectivity index (χ4n) is 1.67. The van der Waals surface area contributed by atoms with E-state index >= 15 is 0 Å². The van der Waals surface area contributed by atoms with Crippen molar-refractivity contribution in [2.75, 3.05) is 0 Å². The van der Waals surface area contributed by atoms with Crippen molar-refractivity contribution in [1.29, 1.82) is 0 Å². The van der Waals surface area contributed by atoms with Crippen LogP contribution in [-0.2, 0) is 6.54 Å². The first-order chi connectivity index (χ1) is 8.13. The highest BCUT2D eigenvalue weighted by atomic mass is 79.9. The van der Waals surface area contributed by atoms with Crippen LogP contribution < -0.4 is 5.73 Å². The van der Waals surface area contributed by atoms with Gasteiger partial charge in [-0.1, -0.05) is 12.1 Å². The summed E-state index contributed by atoms with van der Waals surface area (Å²) in [4.78, 5) is 1.13. The standard InChI is InChI=1S/C11H15BrN4S/c1-3-4-16-8(6-14-15-16)10(13)9-5-7(2)11(12)17-9/h5-6,10H,3-4,13H2,1-2H3. The Bertz CT molecular complexity index is 486. The van der Waals surface area contributed by atoms with Crippen LogP contribution in [0.1, 0.15) is 35.5 Å². The quantitative estimate of drug-likeness (QED) is 0.944. The Morgan fingerprint density at radius 1 is 1.59 bits per heavy atom. The van der Waals surface area contributed by atoms with Gasteiger partial charge >= 0.3 is 0 Å². The lowest BCUT2D eigenvalue weighted by Gasteiger charge is -2.10. The molecule has 0 aliphatic carbocycles. The van der Waals surface area contributed by atoms with E-state index in [0.717, 1.165) is 27.3 Å². The van der Waals surface area contributed by atoms with Crippen molar-refractivity contribution in [2.24, 2.45) is 5.73 Å². The van der Waals surface area contributed by atoms with Crippen LogP contribution >= 0.6 is 27.3 Å². The third kappa shape index (κ3) is 2.59. The molecule has 6 heteroatoms. The maximum Gasteiger partial charge on any atom is 0.0833 e. The zero-order valence-electron chi connectivity index (χ0n) is 9.85. The fraction of sp³-hybridized carbons (Fsp3) is 0.455. The monoisotopic (exact) mass is 314 g/mol. The van der Waals surface area contributed by atoms with Gasteiger partial charge in [0.25, 0.3) is 0 Å². The first kappa shape index (κ1) is 12.7. The molecule has 0 spiro atoms. The van der Waals surface area contributed by atoms with Gasteiger partial charge < -0.3 is 5.73 Å². The van der Waals surface area contributed by atoms with Crippen molar-refractivity contribution < 1.29 is 0 Å². The van der Waals surface area contributed by atoms with Crippen molar-refractivity contribution in [3.8, 4) is 0 Å². The first-order valence-electron chi connectivity index (χ1n) is 5.53. The average Bonchev–Trinajstić information content (AvgIpc) is 2.87. The van der Waals surface area contributed by atoms with E-state index in [-0.39, 0.29) is 6.04 Å². The van der Waals surface area contributed by atoms with Crippen LogP contribution in [0.15, 0.2) is 16.0 Å². The van der Waals surface area contributed by atoms with Crippen LogP contribution in [0, 0.1) is 6.92 Å². The minimum atomic E-state index is -0.147. The van der Waals surface area contributed by atoms with E-state index in [1.165, 1.54) is 5.56 Å². The van der Waals surface area contributed by atoms with Gasteiger partial charge in [0.2, 0.25) is 0 Å². The molecule has 92 valence electrons. The Kier molecular flexibility index (Phi) is 3.96. The maximum atomic E-state index is 6.26. The summed E-state index contributed by atoms with van der Waals surface area (Å²) in [7, 11) is 0. The maximum absolute atomic E-state index is 6.26. The van der Waals surface area contributed by atoms with Gasteiger partial charge in [0, 0.05) is 11.4 Å². The minimum Gasteiger partial charge on any atom is -0.318 e. The molecule has 2 rings (SSSR count). The van der Waals surface area contributed by atoms with Crippen molar-refractivity contribution in [1.82, 2.24) is 15.0 Å². The molecule has 17 heavy (non-hydrogen) atoms. The number of thiophene rings is 1. The first-order valence-corrected chi connectivity index (χ1v) is 7.14. The molecule has 4 nitrogen and oxygen atoms in total. The molecule has 2 N–H and O–H groups in total. The number of rotatable bonds is 4. The highest BCUT2D eigenvalue weighted by Gasteiger charge is 2.17. The summed E-state index contributed by atoms with van der Waals surface area (Å²) in [5.41, 5.74) is 8.45. The number of nitrogens with zero attached hydrogens (tertiary/aromatic N) is 3. The van der Waals surface area contributed by atoms with Crippen molar-refractivity contribution in [3.63, 3.8) is 0 Å². The number of hydrogen-bond acceptors (Lipinski definition) is 4. The summed E-state index contributed by atoms with van der Waals surface area (Å²) in [6.45, 7) is 5.04. The van der Waals surface area contributed by atoms with Gasteiger partial charge in [-0.3, -0.25) is 0 Å². The summed E-state index contributed by atoms with van der Waals surface area (Å²) in [6.07, 6.45) is 2.78. The largest absolute Gasteiger partial charge is 0.318 e. The average molecular weight is 315 g/mol. The van der Waals surface area contributed by atoms with Crippen molar-refractivity contribution >= 4 is 27.3 Å². The predicted molar refractivity (Wildman–Crippen MR) is 73.1 cm³/mol. The van der Waals surface area contributed by atoms with Gasteiger partial charge in [0.05, 0.1) is 21.7 Å². The van der Waals surface area contributed by atoms with Gasteiger partial charge in [0.15, 0.2) is 0 Å². The Balaban J connectivity index is 2.29. The van der Waals surface area contributed by atoms with Crippen LogP contribution in [0.4, 0.5) is 0 Å². The molecule has 0 amide bonds. The second kappa shape index (κ2) is 5.29. The van der Waals surface area contributed by atoms with Crippen molar-refractivity contribution in [2.45, 2.75) is 32.9 Å². The predicted octanol–water partition coefficient (Wildman–Crippen LogP) is 2.87. The summed E-state index contributed by atoms with van der Waals surface area (Å²) in [5.74, 6) is 0. The van der Waals surface area contributed by atoms with Gasteiger partial charge in [-0.05, 0) is 40.9 Å². The zero-order chi connectivity index (χ0) is 12.4. The van der Waals surface area contributed by atoms with Gasteiger partial charge in [0.1, 0.15) is 0 Å². The molecule has 2 aromatic rings. The second-order valence-electron chi connectivity index (χ2n) is 3.97. The highest BCUT2D eigenvalue weighted by Crippen LogP contribution is 2.32. The Hall–Kier alpha value is -0.720. The van der Waals surface area contributed by atoms with Gasteiger partial charge in [-0.25, -0.2) is 4.68 Å². The number of nitrogens with two attached hydrogens (primary N) is 1. The minimum absolute atomic E-state index is 0.147. The lowest BCUT2D eigenvalue weighted by atomic mass is 10.2. The molecule has 0 saturated carbocycles. The SMILES string of the molecule is CCCn1nncc1C(N)c1cc(C)c(Br)s1. The molecule has 0 aliphatic heterocycles. The van der Waals surface area contributed by atoms with Crippen LogP contribution in [0.2, 0.25) is 0 Å². The van der Waals surface area contributed by atoms with E-state index in [1.807, 2.05) is 4.68 Å². The van der Waals surface area contributed by atoms with Crippen LogP contribution in [0.5, 0.6) is 0 Å². The fourth-order valence-corrected chi connectivity index (χ4v) is 3.26. The van der Waals surface area contributed by atoms with Crippen molar-refractivity contribution in [3.05, 3.63) is 32.2 Å². The Labute approximate surface area is 113 Å². The second-order valence-corrected chi connectivity index (χ2v) is 6.37.